The predicted molar refractivity (Wildman–Crippen MR) is 64.2 cm³/mol. The minimum Gasteiger partial charge on any atom is -0.377 e. The molecule has 2 atom stereocenters. The lowest BCUT2D eigenvalue weighted by molar-refractivity contribution is 0.0577. The van der Waals surface area contributed by atoms with Gasteiger partial charge in [-0.2, -0.15) is 0 Å². The zero-order valence-electron chi connectivity index (χ0n) is 9.54. The molecule has 0 bridgehead atoms. The van der Waals surface area contributed by atoms with E-state index in [2.05, 4.69) is 0 Å². The number of nitrogens with two attached hydrogens (primary N) is 1. The SMILES string of the molecule is CCOC(C)C(N)Cc1ccc(F)cc1Cl. The van der Waals surface area contributed by atoms with Gasteiger partial charge in [0.1, 0.15) is 5.82 Å². The Labute approximate surface area is 101 Å². The molecule has 0 aromatic heterocycles. The van der Waals surface area contributed by atoms with Gasteiger partial charge < -0.3 is 10.5 Å². The minimum atomic E-state index is -0.333. The van der Waals surface area contributed by atoms with Gasteiger partial charge in [-0.15, -0.1) is 0 Å². The molecule has 90 valence electrons. The summed E-state index contributed by atoms with van der Waals surface area (Å²) in [5.41, 5.74) is 6.81. The summed E-state index contributed by atoms with van der Waals surface area (Å²) in [6.45, 7) is 4.48. The van der Waals surface area contributed by atoms with E-state index in [-0.39, 0.29) is 18.0 Å². The average Bonchev–Trinajstić information content (AvgIpc) is 2.22. The Morgan fingerprint density at radius 3 is 2.75 bits per heavy atom. The Bertz CT molecular complexity index is 346. The lowest BCUT2D eigenvalue weighted by Crippen LogP contribution is -2.36. The van der Waals surface area contributed by atoms with Crippen molar-refractivity contribution < 1.29 is 9.13 Å². The van der Waals surface area contributed by atoms with Crippen molar-refractivity contribution in [1.82, 2.24) is 0 Å². The molecule has 1 aromatic rings. The second-order valence-corrected chi connectivity index (χ2v) is 4.17. The van der Waals surface area contributed by atoms with Gasteiger partial charge in [0.25, 0.3) is 0 Å². The van der Waals surface area contributed by atoms with Crippen LogP contribution in [0.5, 0.6) is 0 Å². The standard InChI is InChI=1S/C12H17ClFNO/c1-3-16-8(2)12(15)6-9-4-5-10(14)7-11(9)13/h4-5,7-8,12H,3,6,15H2,1-2H3. The molecular weight excluding hydrogens is 229 g/mol. The van der Waals surface area contributed by atoms with Crippen LogP contribution in [0.4, 0.5) is 4.39 Å². The van der Waals surface area contributed by atoms with E-state index in [1.165, 1.54) is 12.1 Å². The topological polar surface area (TPSA) is 35.2 Å². The maximum Gasteiger partial charge on any atom is 0.124 e. The molecule has 0 aliphatic heterocycles. The molecule has 0 radical (unpaired) electrons. The van der Waals surface area contributed by atoms with Crippen molar-refractivity contribution in [1.29, 1.82) is 0 Å². The van der Waals surface area contributed by atoms with Gasteiger partial charge in [-0.25, -0.2) is 4.39 Å². The molecule has 0 amide bonds. The second-order valence-electron chi connectivity index (χ2n) is 3.76. The van der Waals surface area contributed by atoms with Gasteiger partial charge in [-0.05, 0) is 38.0 Å². The number of ether oxygens (including phenoxy) is 1. The third kappa shape index (κ3) is 3.74. The van der Waals surface area contributed by atoms with Gasteiger partial charge in [0.05, 0.1) is 6.10 Å². The third-order valence-corrected chi connectivity index (χ3v) is 2.86. The lowest BCUT2D eigenvalue weighted by Gasteiger charge is -2.20. The summed E-state index contributed by atoms with van der Waals surface area (Å²) in [7, 11) is 0. The summed E-state index contributed by atoms with van der Waals surface area (Å²) < 4.78 is 18.2. The van der Waals surface area contributed by atoms with Crippen molar-refractivity contribution in [3.05, 3.63) is 34.6 Å². The van der Waals surface area contributed by atoms with Gasteiger partial charge in [-0.3, -0.25) is 0 Å². The molecule has 1 rings (SSSR count). The molecule has 0 saturated heterocycles. The quantitative estimate of drug-likeness (QED) is 0.866. The van der Waals surface area contributed by atoms with Crippen LogP contribution < -0.4 is 5.73 Å². The molecule has 2 unspecified atom stereocenters. The Kier molecular flexibility index (Phi) is 5.19. The van der Waals surface area contributed by atoms with E-state index in [0.29, 0.717) is 18.1 Å². The van der Waals surface area contributed by atoms with Crippen LogP contribution in [0.15, 0.2) is 18.2 Å². The van der Waals surface area contributed by atoms with Gasteiger partial charge in [0.15, 0.2) is 0 Å². The third-order valence-electron chi connectivity index (χ3n) is 2.50. The number of benzene rings is 1. The van der Waals surface area contributed by atoms with Crippen LogP contribution in [0.3, 0.4) is 0 Å². The minimum absolute atomic E-state index is 0.0360. The fourth-order valence-corrected chi connectivity index (χ4v) is 1.74. The van der Waals surface area contributed by atoms with Crippen LogP contribution in [0.1, 0.15) is 19.4 Å². The molecule has 16 heavy (non-hydrogen) atoms. The molecule has 4 heteroatoms. The van der Waals surface area contributed by atoms with E-state index in [1.807, 2.05) is 13.8 Å². The van der Waals surface area contributed by atoms with Crippen LogP contribution in [-0.2, 0) is 11.2 Å². The number of hydrogen-bond donors (Lipinski definition) is 1. The zero-order chi connectivity index (χ0) is 12.1. The summed E-state index contributed by atoms with van der Waals surface area (Å²) in [5.74, 6) is -0.333. The fourth-order valence-electron chi connectivity index (χ4n) is 1.49. The van der Waals surface area contributed by atoms with Crippen molar-refractivity contribution in [3.63, 3.8) is 0 Å². The van der Waals surface area contributed by atoms with Gasteiger partial charge in [-0.1, -0.05) is 17.7 Å². The van der Waals surface area contributed by atoms with E-state index < -0.39 is 0 Å². The summed E-state index contributed by atoms with van der Waals surface area (Å²) in [5, 5.41) is 0.416. The molecule has 0 saturated carbocycles. The first kappa shape index (κ1) is 13.4. The first-order chi connectivity index (χ1) is 7.54. The summed E-state index contributed by atoms with van der Waals surface area (Å²) in [4.78, 5) is 0. The number of halogens is 2. The van der Waals surface area contributed by atoms with Gasteiger partial charge >= 0.3 is 0 Å². The van der Waals surface area contributed by atoms with Crippen LogP contribution in [0.25, 0.3) is 0 Å². The van der Waals surface area contributed by atoms with Crippen LogP contribution in [-0.4, -0.2) is 18.8 Å². The van der Waals surface area contributed by atoms with Crippen LogP contribution in [0.2, 0.25) is 5.02 Å². The highest BCUT2D eigenvalue weighted by molar-refractivity contribution is 6.31. The Morgan fingerprint density at radius 2 is 2.19 bits per heavy atom. The Hall–Kier alpha value is -0.640. The average molecular weight is 246 g/mol. The van der Waals surface area contributed by atoms with E-state index >= 15 is 0 Å². The zero-order valence-corrected chi connectivity index (χ0v) is 10.3. The molecule has 2 N–H and O–H groups in total. The lowest BCUT2D eigenvalue weighted by atomic mass is 10.0. The van der Waals surface area contributed by atoms with E-state index in [4.69, 9.17) is 22.1 Å². The Morgan fingerprint density at radius 1 is 1.50 bits per heavy atom. The second kappa shape index (κ2) is 6.18. The Balaban J connectivity index is 2.65. The van der Waals surface area contributed by atoms with E-state index in [0.717, 1.165) is 5.56 Å². The molecule has 0 aliphatic carbocycles. The summed E-state index contributed by atoms with van der Waals surface area (Å²) in [6, 6.07) is 4.22. The van der Waals surface area contributed by atoms with Crippen molar-refractivity contribution in [2.45, 2.75) is 32.4 Å². The molecule has 0 heterocycles. The highest BCUT2D eigenvalue weighted by Gasteiger charge is 2.14. The van der Waals surface area contributed by atoms with Crippen molar-refractivity contribution in [2.24, 2.45) is 5.73 Å². The first-order valence-electron chi connectivity index (χ1n) is 5.35. The highest BCUT2D eigenvalue weighted by atomic mass is 35.5. The predicted octanol–water partition coefficient (Wildman–Crippen LogP) is 2.77. The maximum atomic E-state index is 12.8. The monoisotopic (exact) mass is 245 g/mol. The molecular formula is C12H17ClFNO. The fraction of sp³-hybridized carbons (Fsp3) is 0.500. The maximum absolute atomic E-state index is 12.8. The molecule has 0 spiro atoms. The van der Waals surface area contributed by atoms with Crippen molar-refractivity contribution >= 4 is 11.6 Å². The van der Waals surface area contributed by atoms with Gasteiger partial charge in [0.2, 0.25) is 0 Å². The summed E-state index contributed by atoms with van der Waals surface area (Å²) >= 11 is 5.92. The molecule has 0 fully saturated rings. The largest absolute Gasteiger partial charge is 0.377 e. The first-order valence-corrected chi connectivity index (χ1v) is 5.73. The number of rotatable bonds is 5. The summed E-state index contributed by atoms with van der Waals surface area (Å²) in [6.07, 6.45) is 0.548. The van der Waals surface area contributed by atoms with Crippen molar-refractivity contribution in [2.75, 3.05) is 6.61 Å². The normalized spacial score (nSPS) is 14.8. The molecule has 0 aliphatic rings. The number of hydrogen-bond acceptors (Lipinski definition) is 2. The highest BCUT2D eigenvalue weighted by Crippen LogP contribution is 2.19. The van der Waals surface area contributed by atoms with E-state index in [9.17, 15) is 4.39 Å². The smallest absolute Gasteiger partial charge is 0.124 e. The van der Waals surface area contributed by atoms with Crippen LogP contribution >= 0.6 is 11.6 Å². The molecule has 1 aromatic carbocycles. The van der Waals surface area contributed by atoms with Crippen molar-refractivity contribution in [3.8, 4) is 0 Å². The molecule has 2 nitrogen and oxygen atoms in total. The van der Waals surface area contributed by atoms with Crippen LogP contribution in [0, 0.1) is 5.82 Å². The van der Waals surface area contributed by atoms with E-state index in [1.54, 1.807) is 6.07 Å². The van der Waals surface area contributed by atoms with Gasteiger partial charge in [0, 0.05) is 17.7 Å².